The first-order chi connectivity index (χ1) is 16.4. The zero-order valence-electron chi connectivity index (χ0n) is 20.5. The van der Waals surface area contributed by atoms with Crippen molar-refractivity contribution in [1.82, 2.24) is 4.72 Å². The number of hydrogen-bond acceptors (Lipinski definition) is 5. The average molecular weight is 517 g/mol. The van der Waals surface area contributed by atoms with Gasteiger partial charge in [-0.05, 0) is 57.9 Å². The van der Waals surface area contributed by atoms with Gasteiger partial charge in [0.1, 0.15) is 6.04 Å². The highest BCUT2D eigenvalue weighted by molar-refractivity contribution is 7.92. The summed E-state index contributed by atoms with van der Waals surface area (Å²) in [5.41, 5.74) is 2.73. The van der Waals surface area contributed by atoms with Crippen molar-refractivity contribution in [3.63, 3.8) is 0 Å². The van der Waals surface area contributed by atoms with Crippen LogP contribution < -0.4 is 9.03 Å². The Balaban J connectivity index is 1.88. The van der Waals surface area contributed by atoms with E-state index in [1.807, 2.05) is 32.9 Å². The predicted molar refractivity (Wildman–Crippen MR) is 141 cm³/mol. The first kappa shape index (κ1) is 26.8. The van der Waals surface area contributed by atoms with Crippen molar-refractivity contribution in [2.75, 3.05) is 17.5 Å². The third-order valence-electron chi connectivity index (χ3n) is 5.39. The van der Waals surface area contributed by atoms with E-state index in [2.05, 4.69) is 11.3 Å². The van der Waals surface area contributed by atoms with Crippen LogP contribution in [0.3, 0.4) is 0 Å². The molecule has 0 aliphatic carbocycles. The van der Waals surface area contributed by atoms with Gasteiger partial charge in [-0.25, -0.2) is 17.3 Å². The van der Waals surface area contributed by atoms with Gasteiger partial charge in [0.15, 0.2) is 0 Å². The lowest BCUT2D eigenvalue weighted by Crippen LogP contribution is -2.44. The Kier molecular flexibility index (Phi) is 8.35. The standard InChI is InChI=1S/C26H32N2O5S2/c1-6-33-25(29)23(27-34(30)26(3,4)5)17-19(2)16-20-18-28(24-15-11-10-14-22(20)24)35(31,32)21-12-8-7-9-13-21/h7-16,23,27H,2,6,17-18H2,1,3-5H3/b20-16-/t23-,34-/m0/s1. The molecule has 9 heteroatoms. The molecule has 2 atom stereocenters. The molecule has 2 aromatic carbocycles. The van der Waals surface area contributed by atoms with E-state index in [1.54, 1.807) is 55.5 Å². The molecule has 0 unspecified atom stereocenters. The fraction of sp³-hybridized carbons (Fsp3) is 0.346. The van der Waals surface area contributed by atoms with Crippen LogP contribution in [0.1, 0.15) is 39.7 Å². The number of allylic oxidation sites excluding steroid dienone is 1. The smallest absolute Gasteiger partial charge is 0.324 e. The second kappa shape index (κ2) is 10.9. The summed E-state index contributed by atoms with van der Waals surface area (Å²) < 4.78 is 48.2. The quantitative estimate of drug-likeness (QED) is 0.504. The van der Waals surface area contributed by atoms with Crippen molar-refractivity contribution in [3.8, 4) is 0 Å². The van der Waals surface area contributed by atoms with Crippen molar-refractivity contribution < 1.29 is 22.2 Å². The number of esters is 1. The molecule has 3 rings (SSSR count). The third kappa shape index (κ3) is 6.28. The lowest BCUT2D eigenvalue weighted by atomic mass is 10.0. The number of carbonyl (C=O) groups is 1. The molecule has 0 fully saturated rings. The number of rotatable bonds is 9. The molecule has 188 valence electrons. The minimum atomic E-state index is -3.76. The monoisotopic (exact) mass is 516 g/mol. The summed E-state index contributed by atoms with van der Waals surface area (Å²) in [7, 11) is -5.25. The summed E-state index contributed by atoms with van der Waals surface area (Å²) in [6.45, 7) is 11.6. The maximum absolute atomic E-state index is 13.4. The van der Waals surface area contributed by atoms with E-state index < -0.39 is 37.8 Å². The highest BCUT2D eigenvalue weighted by Crippen LogP contribution is 2.39. The molecule has 35 heavy (non-hydrogen) atoms. The molecule has 0 radical (unpaired) electrons. The molecule has 0 aromatic heterocycles. The molecule has 0 saturated carbocycles. The molecule has 7 nitrogen and oxygen atoms in total. The van der Waals surface area contributed by atoms with E-state index in [0.29, 0.717) is 11.3 Å². The van der Waals surface area contributed by atoms with Gasteiger partial charge in [0.2, 0.25) is 0 Å². The molecule has 1 N–H and O–H groups in total. The van der Waals surface area contributed by atoms with Crippen molar-refractivity contribution in [1.29, 1.82) is 0 Å². The summed E-state index contributed by atoms with van der Waals surface area (Å²) in [6, 6.07) is 14.7. The Hall–Kier alpha value is -2.75. The summed E-state index contributed by atoms with van der Waals surface area (Å²) in [6.07, 6.45) is 1.96. The normalized spacial score (nSPS) is 16.6. The average Bonchev–Trinajstić information content (AvgIpc) is 3.18. The van der Waals surface area contributed by atoms with Gasteiger partial charge in [-0.2, -0.15) is 0 Å². The van der Waals surface area contributed by atoms with Crippen LogP contribution in [0.15, 0.2) is 77.7 Å². The largest absolute Gasteiger partial charge is 0.465 e. The molecule has 0 amide bonds. The summed E-state index contributed by atoms with van der Waals surface area (Å²) in [4.78, 5) is 12.8. The van der Waals surface area contributed by atoms with E-state index in [1.165, 1.54) is 4.31 Å². The minimum absolute atomic E-state index is 0.140. The predicted octanol–water partition coefficient (Wildman–Crippen LogP) is 4.21. The maximum Gasteiger partial charge on any atom is 0.324 e. The van der Waals surface area contributed by atoms with Crippen molar-refractivity contribution in [2.24, 2.45) is 0 Å². The number of hydrogen-bond donors (Lipinski definition) is 1. The van der Waals surface area contributed by atoms with Gasteiger partial charge in [-0.3, -0.25) is 9.10 Å². The number of nitrogens with zero attached hydrogens (tertiary/aromatic N) is 1. The third-order valence-corrected chi connectivity index (χ3v) is 8.77. The van der Waals surface area contributed by atoms with Gasteiger partial charge >= 0.3 is 5.97 Å². The van der Waals surface area contributed by atoms with E-state index in [0.717, 1.165) is 11.1 Å². The van der Waals surface area contributed by atoms with Crippen molar-refractivity contribution in [2.45, 2.75) is 49.8 Å². The number of benzene rings is 2. The molecule has 0 spiro atoms. The van der Waals surface area contributed by atoms with Crippen LogP contribution in [-0.2, 0) is 30.5 Å². The minimum Gasteiger partial charge on any atom is -0.465 e. The maximum atomic E-state index is 13.4. The van der Waals surface area contributed by atoms with E-state index in [4.69, 9.17) is 4.74 Å². The van der Waals surface area contributed by atoms with Crippen molar-refractivity contribution in [3.05, 3.63) is 78.4 Å². The first-order valence-corrected chi connectivity index (χ1v) is 13.9. The Morgan fingerprint density at radius 2 is 1.80 bits per heavy atom. The fourth-order valence-corrected chi connectivity index (χ4v) is 5.91. The molecular weight excluding hydrogens is 484 g/mol. The van der Waals surface area contributed by atoms with Crippen molar-refractivity contribution >= 4 is 38.2 Å². The van der Waals surface area contributed by atoms with Crippen LogP contribution in [0, 0.1) is 0 Å². The van der Waals surface area contributed by atoms with Crippen LogP contribution >= 0.6 is 0 Å². The lowest BCUT2D eigenvalue weighted by molar-refractivity contribution is -0.145. The zero-order valence-corrected chi connectivity index (χ0v) is 22.1. The highest BCUT2D eigenvalue weighted by Gasteiger charge is 2.34. The van der Waals surface area contributed by atoms with Crippen LogP contribution in [0.4, 0.5) is 5.69 Å². The van der Waals surface area contributed by atoms with E-state index in [-0.39, 0.29) is 24.5 Å². The SMILES string of the molecule is C=C(/C=C1/CN(S(=O)(=O)c2ccccc2)c2ccccc21)C[C@H](N[S@@](=O)C(C)(C)C)C(=O)OCC. The van der Waals surface area contributed by atoms with Gasteiger partial charge in [-0.1, -0.05) is 54.6 Å². The molecule has 0 bridgehead atoms. The number of ether oxygens (including phenoxy) is 1. The summed E-state index contributed by atoms with van der Waals surface area (Å²) >= 11 is 0. The van der Waals surface area contributed by atoms with Gasteiger partial charge in [0.05, 0.1) is 39.5 Å². The molecule has 2 aromatic rings. The number of nitrogens with one attached hydrogen (secondary N) is 1. The number of anilines is 1. The number of fused-ring (bicyclic) bond motifs is 1. The van der Waals surface area contributed by atoms with Crippen LogP contribution in [0.5, 0.6) is 0 Å². The Bertz CT molecular complexity index is 1250. The van der Waals surface area contributed by atoms with E-state index >= 15 is 0 Å². The topological polar surface area (TPSA) is 92.8 Å². The molecule has 1 aliphatic rings. The number of para-hydroxylation sites is 1. The fourth-order valence-electron chi connectivity index (χ4n) is 3.63. The highest BCUT2D eigenvalue weighted by atomic mass is 32.2. The second-order valence-corrected chi connectivity index (χ2v) is 13.0. The van der Waals surface area contributed by atoms with Crippen LogP contribution in [-0.4, -0.2) is 42.5 Å². The molecule has 1 aliphatic heterocycles. The molecular formula is C26H32N2O5S2. The first-order valence-electron chi connectivity index (χ1n) is 11.4. The number of sulfonamides is 1. The number of carbonyl (C=O) groups excluding carboxylic acids is 1. The summed E-state index contributed by atoms with van der Waals surface area (Å²) in [5, 5.41) is 0. The van der Waals surface area contributed by atoms with Gasteiger partial charge in [0.25, 0.3) is 10.0 Å². The van der Waals surface area contributed by atoms with E-state index in [9.17, 15) is 17.4 Å². The lowest BCUT2D eigenvalue weighted by Gasteiger charge is -2.23. The Labute approximate surface area is 210 Å². The van der Waals surface area contributed by atoms with Crippen LogP contribution in [0.2, 0.25) is 0 Å². The summed E-state index contributed by atoms with van der Waals surface area (Å²) in [5.74, 6) is -0.509. The zero-order chi connectivity index (χ0) is 25.8. The Morgan fingerprint density at radius 1 is 1.17 bits per heavy atom. The molecule has 0 saturated heterocycles. The van der Waals surface area contributed by atoms with Gasteiger partial charge in [-0.15, -0.1) is 0 Å². The van der Waals surface area contributed by atoms with Crippen LogP contribution in [0.25, 0.3) is 5.57 Å². The molecule has 1 heterocycles. The van der Waals surface area contributed by atoms with Gasteiger partial charge < -0.3 is 4.74 Å². The van der Waals surface area contributed by atoms with Gasteiger partial charge in [0, 0.05) is 5.56 Å². The second-order valence-electron chi connectivity index (χ2n) is 9.18. The Morgan fingerprint density at radius 3 is 2.43 bits per heavy atom.